The lowest BCUT2D eigenvalue weighted by atomic mass is 10.0. The molecule has 0 saturated carbocycles. The van der Waals surface area contributed by atoms with E-state index in [1.165, 1.54) is 7.11 Å². The number of esters is 1. The van der Waals surface area contributed by atoms with Crippen LogP contribution in [0.15, 0.2) is 54.6 Å². The summed E-state index contributed by atoms with van der Waals surface area (Å²) in [6, 6.07) is 17.0. The molecule has 0 bridgehead atoms. The summed E-state index contributed by atoms with van der Waals surface area (Å²) in [6.45, 7) is 0. The van der Waals surface area contributed by atoms with Gasteiger partial charge in [0.25, 0.3) is 0 Å². The SMILES string of the molecule is COC(=O)c1cc2c(OC)cccc2nc1-c1ccccc1. The minimum absolute atomic E-state index is 0.417. The van der Waals surface area contributed by atoms with Gasteiger partial charge in [0.1, 0.15) is 5.75 Å². The van der Waals surface area contributed by atoms with Crippen LogP contribution in [0.2, 0.25) is 0 Å². The minimum atomic E-state index is -0.417. The summed E-state index contributed by atoms with van der Waals surface area (Å²) < 4.78 is 10.3. The highest BCUT2D eigenvalue weighted by Crippen LogP contribution is 2.30. The van der Waals surface area contributed by atoms with Crippen LogP contribution in [0.3, 0.4) is 0 Å². The van der Waals surface area contributed by atoms with E-state index in [1.54, 1.807) is 13.2 Å². The van der Waals surface area contributed by atoms with Crippen molar-refractivity contribution in [1.29, 1.82) is 0 Å². The second-order valence-electron chi connectivity index (χ2n) is 4.77. The monoisotopic (exact) mass is 293 g/mol. The highest BCUT2D eigenvalue weighted by Gasteiger charge is 2.17. The molecule has 0 atom stereocenters. The molecule has 0 N–H and O–H groups in total. The van der Waals surface area contributed by atoms with Crippen molar-refractivity contribution in [3.05, 3.63) is 60.2 Å². The Labute approximate surface area is 128 Å². The number of aromatic nitrogens is 1. The molecule has 2 aromatic carbocycles. The lowest BCUT2D eigenvalue weighted by molar-refractivity contribution is 0.0601. The van der Waals surface area contributed by atoms with Gasteiger partial charge >= 0.3 is 5.97 Å². The largest absolute Gasteiger partial charge is 0.496 e. The summed E-state index contributed by atoms with van der Waals surface area (Å²) in [4.78, 5) is 16.8. The molecule has 4 nitrogen and oxygen atoms in total. The van der Waals surface area contributed by atoms with Crippen molar-refractivity contribution >= 4 is 16.9 Å². The summed E-state index contributed by atoms with van der Waals surface area (Å²) in [5.74, 6) is 0.258. The fraction of sp³-hybridized carbons (Fsp3) is 0.111. The molecule has 0 radical (unpaired) electrons. The molecule has 0 aliphatic heterocycles. The van der Waals surface area contributed by atoms with E-state index in [2.05, 4.69) is 4.98 Å². The predicted molar refractivity (Wildman–Crippen MR) is 85.1 cm³/mol. The maximum Gasteiger partial charge on any atom is 0.340 e. The lowest BCUT2D eigenvalue weighted by Crippen LogP contribution is -2.06. The zero-order valence-corrected chi connectivity index (χ0v) is 12.4. The molecule has 0 amide bonds. The van der Waals surface area contributed by atoms with Gasteiger partial charge in [-0.25, -0.2) is 9.78 Å². The molecule has 0 spiro atoms. The van der Waals surface area contributed by atoms with Crippen LogP contribution >= 0.6 is 0 Å². The fourth-order valence-electron chi connectivity index (χ4n) is 2.43. The molecule has 1 aromatic heterocycles. The summed E-state index contributed by atoms with van der Waals surface area (Å²) in [7, 11) is 2.96. The number of pyridine rings is 1. The van der Waals surface area contributed by atoms with Gasteiger partial charge in [-0.3, -0.25) is 0 Å². The van der Waals surface area contributed by atoms with E-state index in [-0.39, 0.29) is 0 Å². The maximum atomic E-state index is 12.1. The van der Waals surface area contributed by atoms with Crippen molar-refractivity contribution in [2.45, 2.75) is 0 Å². The molecule has 110 valence electrons. The number of hydrogen-bond acceptors (Lipinski definition) is 4. The number of carbonyl (C=O) groups excluding carboxylic acids is 1. The molecule has 0 aliphatic carbocycles. The van der Waals surface area contributed by atoms with Crippen LogP contribution in [-0.4, -0.2) is 25.2 Å². The molecule has 1 heterocycles. The number of benzene rings is 2. The van der Waals surface area contributed by atoms with Crippen LogP contribution in [0, 0.1) is 0 Å². The quantitative estimate of drug-likeness (QED) is 0.691. The smallest absolute Gasteiger partial charge is 0.340 e. The van der Waals surface area contributed by atoms with E-state index in [4.69, 9.17) is 9.47 Å². The normalized spacial score (nSPS) is 10.5. The van der Waals surface area contributed by atoms with Crippen molar-refractivity contribution < 1.29 is 14.3 Å². The fourth-order valence-corrected chi connectivity index (χ4v) is 2.43. The zero-order valence-electron chi connectivity index (χ0n) is 12.4. The van der Waals surface area contributed by atoms with Gasteiger partial charge in [-0.2, -0.15) is 0 Å². The first-order valence-electron chi connectivity index (χ1n) is 6.86. The summed E-state index contributed by atoms with van der Waals surface area (Å²) in [5.41, 5.74) is 2.66. The van der Waals surface area contributed by atoms with Gasteiger partial charge in [-0.15, -0.1) is 0 Å². The van der Waals surface area contributed by atoms with Crippen LogP contribution in [-0.2, 0) is 4.74 Å². The summed E-state index contributed by atoms with van der Waals surface area (Å²) in [6.07, 6.45) is 0. The van der Waals surface area contributed by atoms with Gasteiger partial charge in [0, 0.05) is 10.9 Å². The van der Waals surface area contributed by atoms with Crippen LogP contribution in [0.5, 0.6) is 5.75 Å². The number of carbonyl (C=O) groups is 1. The predicted octanol–water partition coefficient (Wildman–Crippen LogP) is 3.70. The van der Waals surface area contributed by atoms with E-state index < -0.39 is 5.97 Å². The number of ether oxygens (including phenoxy) is 2. The third-order valence-corrected chi connectivity index (χ3v) is 3.49. The van der Waals surface area contributed by atoms with Gasteiger partial charge in [0.15, 0.2) is 0 Å². The van der Waals surface area contributed by atoms with Crippen molar-refractivity contribution in [3.63, 3.8) is 0 Å². The molecule has 3 rings (SSSR count). The average Bonchev–Trinajstić information content (AvgIpc) is 2.60. The Bertz CT molecular complexity index is 828. The van der Waals surface area contributed by atoms with Gasteiger partial charge < -0.3 is 9.47 Å². The van der Waals surface area contributed by atoms with Crippen LogP contribution < -0.4 is 4.74 Å². The zero-order chi connectivity index (χ0) is 15.5. The number of rotatable bonds is 3. The average molecular weight is 293 g/mol. The lowest BCUT2D eigenvalue weighted by Gasteiger charge is -2.11. The van der Waals surface area contributed by atoms with Gasteiger partial charge in [-0.1, -0.05) is 36.4 Å². The Morgan fingerprint density at radius 1 is 1.00 bits per heavy atom. The molecule has 0 aliphatic rings. The van der Waals surface area contributed by atoms with E-state index in [1.807, 2.05) is 48.5 Å². The highest BCUT2D eigenvalue weighted by molar-refractivity contribution is 6.01. The first kappa shape index (κ1) is 14.1. The standard InChI is InChI=1S/C18H15NO3/c1-21-16-10-6-9-15-13(16)11-14(18(20)22-2)17(19-15)12-7-4-3-5-8-12/h3-11H,1-2H3. The van der Waals surface area contributed by atoms with Crippen molar-refractivity contribution in [2.24, 2.45) is 0 Å². The number of fused-ring (bicyclic) bond motifs is 1. The maximum absolute atomic E-state index is 12.1. The van der Waals surface area contributed by atoms with Crippen molar-refractivity contribution in [2.75, 3.05) is 14.2 Å². The molecular formula is C18H15NO3. The second-order valence-corrected chi connectivity index (χ2v) is 4.77. The Hall–Kier alpha value is -2.88. The van der Waals surface area contributed by atoms with Crippen LogP contribution in [0.1, 0.15) is 10.4 Å². The Morgan fingerprint density at radius 2 is 1.77 bits per heavy atom. The van der Waals surface area contributed by atoms with E-state index >= 15 is 0 Å². The Morgan fingerprint density at radius 3 is 2.45 bits per heavy atom. The Balaban J connectivity index is 2.33. The van der Waals surface area contributed by atoms with Crippen molar-refractivity contribution in [1.82, 2.24) is 4.98 Å². The third kappa shape index (κ3) is 2.39. The second kappa shape index (κ2) is 5.85. The van der Waals surface area contributed by atoms with E-state index in [0.29, 0.717) is 17.0 Å². The van der Waals surface area contributed by atoms with Gasteiger partial charge in [0.2, 0.25) is 0 Å². The minimum Gasteiger partial charge on any atom is -0.496 e. The molecule has 4 heteroatoms. The first-order valence-corrected chi connectivity index (χ1v) is 6.86. The van der Waals surface area contributed by atoms with Crippen LogP contribution in [0.4, 0.5) is 0 Å². The number of hydrogen-bond donors (Lipinski definition) is 0. The molecule has 22 heavy (non-hydrogen) atoms. The molecule has 0 saturated heterocycles. The Kier molecular flexibility index (Phi) is 3.74. The first-order chi connectivity index (χ1) is 10.7. The topological polar surface area (TPSA) is 48.4 Å². The highest BCUT2D eigenvalue weighted by atomic mass is 16.5. The van der Waals surface area contributed by atoms with Gasteiger partial charge in [0.05, 0.1) is 31.0 Å². The van der Waals surface area contributed by atoms with E-state index in [9.17, 15) is 4.79 Å². The van der Waals surface area contributed by atoms with Gasteiger partial charge in [-0.05, 0) is 18.2 Å². The molecular weight excluding hydrogens is 278 g/mol. The number of methoxy groups -OCH3 is 2. The third-order valence-electron chi connectivity index (χ3n) is 3.49. The molecule has 3 aromatic rings. The molecule has 0 unspecified atom stereocenters. The summed E-state index contributed by atoms with van der Waals surface area (Å²) >= 11 is 0. The van der Waals surface area contributed by atoms with Crippen LogP contribution in [0.25, 0.3) is 22.2 Å². The number of nitrogens with zero attached hydrogens (tertiary/aromatic N) is 1. The van der Waals surface area contributed by atoms with E-state index in [0.717, 1.165) is 16.5 Å². The summed E-state index contributed by atoms with van der Waals surface area (Å²) in [5, 5.41) is 0.782. The van der Waals surface area contributed by atoms with Crippen molar-refractivity contribution in [3.8, 4) is 17.0 Å². The molecule has 0 fully saturated rings.